The van der Waals surface area contributed by atoms with Gasteiger partial charge in [-0.3, -0.25) is 9.79 Å². The number of ether oxygens (including phenoxy) is 2. The van der Waals surface area contributed by atoms with E-state index in [2.05, 4.69) is 9.78 Å². The van der Waals surface area contributed by atoms with Crippen LogP contribution in [-0.4, -0.2) is 56.0 Å². The van der Waals surface area contributed by atoms with Gasteiger partial charge in [0.15, 0.2) is 0 Å². The number of rotatable bonds is 4. The van der Waals surface area contributed by atoms with Gasteiger partial charge in [-0.1, -0.05) is 0 Å². The van der Waals surface area contributed by atoms with Crippen LogP contribution in [0.2, 0.25) is 0 Å². The van der Waals surface area contributed by atoms with Crippen LogP contribution in [0.4, 0.5) is 4.79 Å². The zero-order chi connectivity index (χ0) is 15.3. The van der Waals surface area contributed by atoms with E-state index in [1.807, 2.05) is 0 Å². The molecule has 1 heterocycles. The Morgan fingerprint density at radius 2 is 1.90 bits per heavy atom. The Balaban J connectivity index is 2.77. The first-order valence-electron chi connectivity index (χ1n) is 6.51. The Labute approximate surface area is 119 Å². The summed E-state index contributed by atoms with van der Waals surface area (Å²) in [6.45, 7) is 6.19. The van der Waals surface area contributed by atoms with E-state index in [1.165, 1.54) is 12.0 Å². The van der Waals surface area contributed by atoms with E-state index in [0.29, 0.717) is 19.6 Å². The molecule has 20 heavy (non-hydrogen) atoms. The number of likely N-dealkylation sites (tertiary alicyclic amines) is 1. The molecule has 2 atom stereocenters. The number of methoxy groups -OCH3 is 1. The van der Waals surface area contributed by atoms with Gasteiger partial charge in [0.25, 0.3) is 0 Å². The SMILES string of the molecule is COC[C@H]1C[C@@H](C(=O)OOC)N(C(=O)OC(C)(C)C)C1. The first-order valence-corrected chi connectivity index (χ1v) is 6.51. The quantitative estimate of drug-likeness (QED) is 0.574. The lowest BCUT2D eigenvalue weighted by Gasteiger charge is -2.27. The lowest BCUT2D eigenvalue weighted by Crippen LogP contribution is -2.44. The average molecular weight is 289 g/mol. The molecule has 0 radical (unpaired) electrons. The molecule has 116 valence electrons. The summed E-state index contributed by atoms with van der Waals surface area (Å²) in [4.78, 5) is 34.3. The predicted octanol–water partition coefficient (Wildman–Crippen LogP) is 1.36. The van der Waals surface area contributed by atoms with Crippen molar-refractivity contribution in [1.29, 1.82) is 0 Å². The van der Waals surface area contributed by atoms with E-state index in [0.717, 1.165) is 0 Å². The average Bonchev–Trinajstić information content (AvgIpc) is 2.72. The molecular weight excluding hydrogens is 266 g/mol. The molecule has 0 aromatic carbocycles. The van der Waals surface area contributed by atoms with Crippen molar-refractivity contribution in [2.24, 2.45) is 5.92 Å². The molecular formula is C13H23NO6. The van der Waals surface area contributed by atoms with Gasteiger partial charge in [-0.15, -0.1) is 0 Å². The second-order valence-corrected chi connectivity index (χ2v) is 5.77. The third-order valence-electron chi connectivity index (χ3n) is 2.86. The fourth-order valence-corrected chi connectivity index (χ4v) is 2.16. The standard InChI is InChI=1S/C13H23NO6/c1-13(2,3)19-12(16)14-7-9(8-17-4)6-10(14)11(15)20-18-5/h9-10H,6-8H2,1-5H3/t9-,10-/m0/s1. The van der Waals surface area contributed by atoms with Gasteiger partial charge >= 0.3 is 12.1 Å². The third kappa shape index (κ3) is 4.64. The number of carbonyl (C=O) groups excluding carboxylic acids is 2. The van der Waals surface area contributed by atoms with Crippen LogP contribution in [0.3, 0.4) is 0 Å². The summed E-state index contributed by atoms with van der Waals surface area (Å²) in [6, 6.07) is -0.704. The highest BCUT2D eigenvalue weighted by molar-refractivity contribution is 5.82. The molecule has 0 saturated carbocycles. The molecule has 7 heteroatoms. The molecule has 0 bridgehead atoms. The van der Waals surface area contributed by atoms with E-state index >= 15 is 0 Å². The summed E-state index contributed by atoms with van der Waals surface area (Å²) in [5, 5.41) is 0. The molecule has 0 unspecified atom stereocenters. The first-order chi connectivity index (χ1) is 9.28. The molecule has 0 spiro atoms. The second-order valence-electron chi connectivity index (χ2n) is 5.77. The Kier molecular flexibility index (Phi) is 5.76. The molecule has 0 aromatic heterocycles. The van der Waals surface area contributed by atoms with Gasteiger partial charge in [0.1, 0.15) is 11.6 Å². The molecule has 0 aromatic rings. The van der Waals surface area contributed by atoms with E-state index in [9.17, 15) is 9.59 Å². The molecule has 1 rings (SSSR count). The molecule has 1 aliphatic rings. The van der Waals surface area contributed by atoms with Gasteiger partial charge in [0.05, 0.1) is 13.7 Å². The van der Waals surface area contributed by atoms with Crippen LogP contribution in [0.1, 0.15) is 27.2 Å². The normalized spacial score (nSPS) is 22.8. The fourth-order valence-electron chi connectivity index (χ4n) is 2.16. The Bertz CT molecular complexity index is 351. The highest BCUT2D eigenvalue weighted by atomic mass is 17.2. The Hall–Kier alpha value is -1.34. The molecule has 0 aliphatic carbocycles. The lowest BCUT2D eigenvalue weighted by molar-refractivity contribution is -0.258. The van der Waals surface area contributed by atoms with Crippen LogP contribution >= 0.6 is 0 Å². The van der Waals surface area contributed by atoms with E-state index in [1.54, 1.807) is 27.9 Å². The van der Waals surface area contributed by atoms with Gasteiger partial charge in [-0.2, -0.15) is 4.89 Å². The molecule has 1 amide bonds. The topological polar surface area (TPSA) is 74.3 Å². The van der Waals surface area contributed by atoms with Gasteiger partial charge in [0.2, 0.25) is 0 Å². The fraction of sp³-hybridized carbons (Fsp3) is 0.846. The van der Waals surface area contributed by atoms with Gasteiger partial charge < -0.3 is 9.47 Å². The third-order valence-corrected chi connectivity index (χ3v) is 2.86. The van der Waals surface area contributed by atoms with Crippen LogP contribution in [0.15, 0.2) is 0 Å². The van der Waals surface area contributed by atoms with Crippen molar-refractivity contribution in [2.45, 2.75) is 38.8 Å². The van der Waals surface area contributed by atoms with E-state index in [-0.39, 0.29) is 5.92 Å². The minimum absolute atomic E-state index is 0.0712. The monoisotopic (exact) mass is 289 g/mol. The number of hydrogen-bond acceptors (Lipinski definition) is 6. The minimum Gasteiger partial charge on any atom is -0.444 e. The van der Waals surface area contributed by atoms with Crippen molar-refractivity contribution in [3.8, 4) is 0 Å². The van der Waals surface area contributed by atoms with Crippen molar-refractivity contribution < 1.29 is 28.8 Å². The summed E-state index contributed by atoms with van der Waals surface area (Å²) in [7, 11) is 2.83. The van der Waals surface area contributed by atoms with Crippen LogP contribution in [-0.2, 0) is 24.0 Å². The van der Waals surface area contributed by atoms with Gasteiger partial charge in [-0.25, -0.2) is 9.59 Å². The number of carbonyl (C=O) groups is 2. The van der Waals surface area contributed by atoms with Crippen molar-refractivity contribution in [2.75, 3.05) is 27.4 Å². The Morgan fingerprint density at radius 3 is 2.40 bits per heavy atom. The largest absolute Gasteiger partial charge is 0.444 e. The number of nitrogens with zero attached hydrogens (tertiary/aromatic N) is 1. The number of amides is 1. The minimum atomic E-state index is -0.704. The first kappa shape index (κ1) is 16.7. The molecule has 0 N–H and O–H groups in total. The number of hydrogen-bond donors (Lipinski definition) is 0. The zero-order valence-corrected chi connectivity index (χ0v) is 12.7. The summed E-state index contributed by atoms with van der Waals surface area (Å²) in [5.41, 5.74) is -0.619. The van der Waals surface area contributed by atoms with Gasteiger partial charge in [0, 0.05) is 19.6 Å². The van der Waals surface area contributed by atoms with Crippen LogP contribution in [0.25, 0.3) is 0 Å². The smallest absolute Gasteiger partial charge is 0.411 e. The van der Waals surface area contributed by atoms with E-state index < -0.39 is 23.7 Å². The maximum absolute atomic E-state index is 12.1. The maximum Gasteiger partial charge on any atom is 0.411 e. The maximum atomic E-state index is 12.1. The molecule has 1 fully saturated rings. The summed E-state index contributed by atoms with van der Waals surface area (Å²) >= 11 is 0. The van der Waals surface area contributed by atoms with Crippen molar-refractivity contribution in [3.63, 3.8) is 0 Å². The van der Waals surface area contributed by atoms with Crippen molar-refractivity contribution in [1.82, 2.24) is 4.90 Å². The molecule has 1 aliphatic heterocycles. The van der Waals surface area contributed by atoms with Crippen molar-refractivity contribution >= 4 is 12.1 Å². The lowest BCUT2D eigenvalue weighted by atomic mass is 10.1. The van der Waals surface area contributed by atoms with Crippen LogP contribution in [0, 0.1) is 5.92 Å². The summed E-state index contributed by atoms with van der Waals surface area (Å²) in [5.74, 6) is -0.529. The zero-order valence-electron chi connectivity index (χ0n) is 12.7. The predicted molar refractivity (Wildman–Crippen MR) is 69.8 cm³/mol. The van der Waals surface area contributed by atoms with Crippen LogP contribution in [0.5, 0.6) is 0 Å². The summed E-state index contributed by atoms with van der Waals surface area (Å²) < 4.78 is 10.4. The second kappa shape index (κ2) is 6.90. The highest BCUT2D eigenvalue weighted by Gasteiger charge is 2.42. The molecule has 1 saturated heterocycles. The van der Waals surface area contributed by atoms with Crippen LogP contribution < -0.4 is 0 Å². The Morgan fingerprint density at radius 1 is 1.25 bits per heavy atom. The highest BCUT2D eigenvalue weighted by Crippen LogP contribution is 2.26. The van der Waals surface area contributed by atoms with E-state index in [4.69, 9.17) is 9.47 Å². The summed E-state index contributed by atoms with van der Waals surface area (Å²) in [6.07, 6.45) is -0.0657. The van der Waals surface area contributed by atoms with Crippen molar-refractivity contribution in [3.05, 3.63) is 0 Å². The van der Waals surface area contributed by atoms with Gasteiger partial charge in [-0.05, 0) is 27.2 Å². The molecule has 7 nitrogen and oxygen atoms in total.